The molecular weight excluding hydrogens is 88.1 g/mol. The average molecular weight is 99.2 g/mol. The number of nitrogens with two attached hydrogens (primary N) is 1. The van der Waals surface area contributed by atoms with Crippen molar-refractivity contribution in [2.45, 2.75) is 6.42 Å². The Labute approximate surface area is 44.4 Å². The van der Waals surface area contributed by atoms with E-state index in [9.17, 15) is 0 Å². The van der Waals surface area contributed by atoms with Crippen LogP contribution in [-0.2, 0) is 0 Å². The van der Waals surface area contributed by atoms with Crippen molar-refractivity contribution in [3.63, 3.8) is 0 Å². The molecule has 1 radical (unpaired) electrons. The molecule has 41 valence electrons. The third kappa shape index (κ3) is 5.50. The Bertz CT molecular complexity index is 50.0. The van der Waals surface area contributed by atoms with Crippen LogP contribution in [0.2, 0.25) is 0 Å². The second kappa shape index (κ2) is 5.50. The van der Waals surface area contributed by atoms with Crippen LogP contribution in [0.15, 0.2) is 12.3 Å². The first kappa shape index (κ1) is 6.50. The lowest BCUT2D eigenvalue weighted by Gasteiger charge is -1.81. The van der Waals surface area contributed by atoms with Gasteiger partial charge in [-0.25, -0.2) is 0 Å². The molecule has 0 heterocycles. The Balaban J connectivity index is 2.78. The molecule has 2 nitrogen and oxygen atoms in total. The highest BCUT2D eigenvalue weighted by atomic mass is 14.8. The fraction of sp³-hybridized carbons (Fsp3) is 0.600. The Kier molecular flexibility index (Phi) is 5.11. The van der Waals surface area contributed by atoms with E-state index in [1.165, 1.54) is 0 Å². The summed E-state index contributed by atoms with van der Waals surface area (Å²) in [5.74, 6) is 0. The van der Waals surface area contributed by atoms with Crippen molar-refractivity contribution >= 4 is 0 Å². The molecule has 0 fully saturated rings. The zero-order chi connectivity index (χ0) is 5.54. The molecule has 0 aliphatic carbocycles. The van der Waals surface area contributed by atoms with Gasteiger partial charge in [0.15, 0.2) is 0 Å². The summed E-state index contributed by atoms with van der Waals surface area (Å²) >= 11 is 0. The average Bonchev–Trinajstić information content (AvgIpc) is 1.69. The third-order valence-corrected chi connectivity index (χ3v) is 0.588. The zero-order valence-electron chi connectivity index (χ0n) is 4.59. The molecule has 2 heteroatoms. The molecule has 2 N–H and O–H groups in total. The fourth-order valence-corrected chi connectivity index (χ4v) is 0.276. The van der Waals surface area contributed by atoms with Crippen molar-refractivity contribution in [2.24, 2.45) is 5.73 Å². The van der Waals surface area contributed by atoms with Crippen molar-refractivity contribution in [1.29, 1.82) is 0 Å². The largest absolute Gasteiger partial charge is 0.330 e. The Morgan fingerprint density at radius 3 is 2.86 bits per heavy atom. The maximum Gasteiger partial charge on any atom is 0.0276 e. The van der Waals surface area contributed by atoms with Crippen LogP contribution in [0.5, 0.6) is 0 Å². The predicted octanol–water partition coefficient (Wildman–Crippen LogP) is 0.0831. The topological polar surface area (TPSA) is 40.1 Å². The summed E-state index contributed by atoms with van der Waals surface area (Å²) in [5.41, 5.74) is 5.18. The molecule has 0 unspecified atom stereocenters. The lowest BCUT2D eigenvalue weighted by molar-refractivity contribution is 0.981. The van der Waals surface area contributed by atoms with Crippen LogP contribution in [-0.4, -0.2) is 13.6 Å². The Hall–Kier alpha value is -0.500. The van der Waals surface area contributed by atoms with Gasteiger partial charge in [0.2, 0.25) is 0 Å². The highest BCUT2D eigenvalue weighted by Gasteiger charge is 1.67. The summed E-state index contributed by atoms with van der Waals surface area (Å²) in [6.07, 6.45) is 4.63. The van der Waals surface area contributed by atoms with Gasteiger partial charge in [-0.05, 0) is 13.0 Å². The van der Waals surface area contributed by atoms with Gasteiger partial charge >= 0.3 is 0 Å². The lowest BCUT2D eigenvalue weighted by Crippen LogP contribution is -1.95. The minimum atomic E-state index is 0.714. The van der Waals surface area contributed by atoms with Crippen LogP contribution in [0.4, 0.5) is 0 Å². The van der Waals surface area contributed by atoms with Gasteiger partial charge in [-0.3, -0.25) is 5.32 Å². The zero-order valence-corrected chi connectivity index (χ0v) is 4.59. The quantitative estimate of drug-likeness (QED) is 0.535. The fourth-order valence-electron chi connectivity index (χ4n) is 0.276. The molecule has 0 aromatic rings. The molecule has 0 amide bonds. The molecule has 7 heavy (non-hydrogen) atoms. The molecule has 0 aliphatic rings. The number of nitrogens with zero attached hydrogens (tertiary/aromatic N) is 1. The summed E-state index contributed by atoms with van der Waals surface area (Å²) in [7, 11) is 1.74. The van der Waals surface area contributed by atoms with E-state index in [1.807, 2.05) is 6.08 Å². The van der Waals surface area contributed by atoms with Gasteiger partial charge in [-0.15, -0.1) is 0 Å². The van der Waals surface area contributed by atoms with Crippen LogP contribution < -0.4 is 11.1 Å². The molecule has 0 rings (SSSR count). The standard InChI is InChI=1S/C5H11N2/c1-7-5-3-2-4-6/h3,5H,2,4,6H2,1H3. The minimum absolute atomic E-state index is 0.714. The first-order chi connectivity index (χ1) is 3.41. The second-order valence-electron chi connectivity index (χ2n) is 1.22. The Morgan fingerprint density at radius 1 is 1.71 bits per heavy atom. The first-order valence-electron chi connectivity index (χ1n) is 2.36. The van der Waals surface area contributed by atoms with Crippen LogP contribution in [0.25, 0.3) is 0 Å². The second-order valence-corrected chi connectivity index (χ2v) is 1.22. The molecule has 0 aromatic heterocycles. The van der Waals surface area contributed by atoms with Crippen molar-refractivity contribution < 1.29 is 0 Å². The summed E-state index contributed by atoms with van der Waals surface area (Å²) in [6.45, 7) is 0.714. The van der Waals surface area contributed by atoms with Crippen molar-refractivity contribution in [1.82, 2.24) is 5.32 Å². The summed E-state index contributed by atoms with van der Waals surface area (Å²) in [6, 6.07) is 0. The SMILES string of the molecule is C[N]C=CCCN. The number of rotatable bonds is 3. The van der Waals surface area contributed by atoms with Gasteiger partial charge in [-0.1, -0.05) is 6.08 Å². The van der Waals surface area contributed by atoms with Gasteiger partial charge in [0.1, 0.15) is 0 Å². The van der Waals surface area contributed by atoms with Crippen molar-refractivity contribution in [3.8, 4) is 0 Å². The van der Waals surface area contributed by atoms with Crippen LogP contribution in [0, 0.1) is 0 Å². The van der Waals surface area contributed by atoms with Crippen molar-refractivity contribution in [3.05, 3.63) is 12.3 Å². The first-order valence-corrected chi connectivity index (χ1v) is 2.36. The normalized spacial score (nSPS) is 10.0. The van der Waals surface area contributed by atoms with Gasteiger partial charge in [0.05, 0.1) is 0 Å². The van der Waals surface area contributed by atoms with Crippen molar-refractivity contribution in [2.75, 3.05) is 13.6 Å². The summed E-state index contributed by atoms with van der Waals surface area (Å²) in [4.78, 5) is 0. The lowest BCUT2D eigenvalue weighted by atomic mass is 10.4. The predicted molar refractivity (Wildman–Crippen MR) is 30.9 cm³/mol. The van der Waals surface area contributed by atoms with E-state index in [2.05, 4.69) is 5.32 Å². The van der Waals surface area contributed by atoms with Gasteiger partial charge in [0.25, 0.3) is 0 Å². The van der Waals surface area contributed by atoms with Gasteiger partial charge < -0.3 is 5.73 Å². The molecule has 0 spiro atoms. The van der Waals surface area contributed by atoms with Gasteiger partial charge in [-0.2, -0.15) is 0 Å². The molecule has 0 saturated heterocycles. The molecule has 0 aromatic carbocycles. The molecule has 0 bridgehead atoms. The summed E-state index contributed by atoms with van der Waals surface area (Å²) in [5, 5.41) is 3.74. The van der Waals surface area contributed by atoms with E-state index in [0.717, 1.165) is 6.42 Å². The monoisotopic (exact) mass is 99.1 g/mol. The molecular formula is C5H11N2. The van der Waals surface area contributed by atoms with E-state index in [4.69, 9.17) is 5.73 Å². The van der Waals surface area contributed by atoms with E-state index < -0.39 is 0 Å². The van der Waals surface area contributed by atoms with Crippen LogP contribution >= 0.6 is 0 Å². The third-order valence-electron chi connectivity index (χ3n) is 0.588. The van der Waals surface area contributed by atoms with Crippen LogP contribution in [0.1, 0.15) is 6.42 Å². The molecule has 0 atom stereocenters. The number of hydrogen-bond donors (Lipinski definition) is 1. The van der Waals surface area contributed by atoms with E-state index in [1.54, 1.807) is 13.2 Å². The highest BCUT2D eigenvalue weighted by molar-refractivity contribution is 4.77. The maximum atomic E-state index is 5.18. The molecule has 0 aliphatic heterocycles. The van der Waals surface area contributed by atoms with E-state index >= 15 is 0 Å². The molecule has 0 saturated carbocycles. The number of hydrogen-bond acceptors (Lipinski definition) is 1. The van der Waals surface area contributed by atoms with Gasteiger partial charge in [0, 0.05) is 13.2 Å². The van der Waals surface area contributed by atoms with E-state index in [-0.39, 0.29) is 0 Å². The smallest absolute Gasteiger partial charge is 0.0276 e. The maximum absolute atomic E-state index is 5.18. The Morgan fingerprint density at radius 2 is 2.43 bits per heavy atom. The van der Waals surface area contributed by atoms with E-state index in [0.29, 0.717) is 6.54 Å². The van der Waals surface area contributed by atoms with Crippen LogP contribution in [0.3, 0.4) is 0 Å². The minimum Gasteiger partial charge on any atom is -0.330 e. The summed E-state index contributed by atoms with van der Waals surface area (Å²) < 4.78 is 0. The highest BCUT2D eigenvalue weighted by Crippen LogP contribution is 1.73.